The van der Waals surface area contributed by atoms with Crippen LogP contribution in [0.15, 0.2) is 0 Å². The Bertz CT molecular complexity index is 272. The minimum Gasteiger partial charge on any atom is -0.348 e. The van der Waals surface area contributed by atoms with Gasteiger partial charge in [0.2, 0.25) is 0 Å². The average molecular weight is 226 g/mol. The van der Waals surface area contributed by atoms with Gasteiger partial charge in [-0.15, -0.1) is 0 Å². The van der Waals surface area contributed by atoms with Gasteiger partial charge >= 0.3 is 0 Å². The molecule has 3 heteroatoms. The number of Topliss-reactive ketones (excluding diaryl/α,β-unsaturated/α-hetero) is 1. The summed E-state index contributed by atoms with van der Waals surface area (Å²) in [5.74, 6) is 0.506. The van der Waals surface area contributed by atoms with E-state index in [9.17, 15) is 4.79 Å². The SMILES string of the molecule is CCCC[C@@H]1CC(=O)[C@@H]1[C@@H]1COC(C)(C)O1. The molecule has 2 fully saturated rings. The first-order valence-electron chi connectivity index (χ1n) is 6.38. The first-order chi connectivity index (χ1) is 7.53. The molecule has 0 bridgehead atoms. The van der Waals surface area contributed by atoms with Crippen LogP contribution in [0.2, 0.25) is 0 Å². The van der Waals surface area contributed by atoms with E-state index in [4.69, 9.17) is 9.47 Å². The first kappa shape index (κ1) is 12.1. The average Bonchev–Trinajstić information content (AvgIpc) is 2.52. The molecule has 0 aromatic carbocycles. The Hall–Kier alpha value is -0.410. The number of carbonyl (C=O) groups excluding carboxylic acids is 1. The number of carbonyl (C=O) groups is 1. The summed E-state index contributed by atoms with van der Waals surface area (Å²) in [6.45, 7) is 6.59. The smallest absolute Gasteiger partial charge is 0.163 e. The number of unbranched alkanes of at least 4 members (excludes halogenated alkanes) is 1. The molecule has 1 aliphatic heterocycles. The quantitative estimate of drug-likeness (QED) is 0.739. The van der Waals surface area contributed by atoms with Crippen LogP contribution in [0, 0.1) is 11.8 Å². The van der Waals surface area contributed by atoms with Gasteiger partial charge in [-0.25, -0.2) is 0 Å². The summed E-state index contributed by atoms with van der Waals surface area (Å²) in [6.07, 6.45) is 4.33. The fourth-order valence-corrected chi connectivity index (χ4v) is 2.78. The molecule has 92 valence electrons. The van der Waals surface area contributed by atoms with Crippen molar-refractivity contribution in [3.05, 3.63) is 0 Å². The Morgan fingerprint density at radius 1 is 1.44 bits per heavy atom. The Kier molecular flexibility index (Phi) is 3.36. The molecular formula is C13H22O3. The van der Waals surface area contributed by atoms with Crippen molar-refractivity contribution in [2.75, 3.05) is 6.61 Å². The minimum atomic E-state index is -0.504. The lowest BCUT2D eigenvalue weighted by molar-refractivity contribution is -0.162. The lowest BCUT2D eigenvalue weighted by Gasteiger charge is -2.38. The van der Waals surface area contributed by atoms with Crippen LogP contribution < -0.4 is 0 Å². The molecule has 0 aromatic heterocycles. The topological polar surface area (TPSA) is 35.5 Å². The van der Waals surface area contributed by atoms with Crippen molar-refractivity contribution in [3.8, 4) is 0 Å². The predicted octanol–water partition coefficient (Wildman–Crippen LogP) is 2.53. The summed E-state index contributed by atoms with van der Waals surface area (Å²) in [5, 5.41) is 0. The van der Waals surface area contributed by atoms with Crippen molar-refractivity contribution in [2.45, 2.75) is 58.3 Å². The molecule has 1 saturated heterocycles. The molecule has 3 atom stereocenters. The third-order valence-corrected chi connectivity index (χ3v) is 3.70. The van der Waals surface area contributed by atoms with Crippen LogP contribution in [0.1, 0.15) is 46.5 Å². The van der Waals surface area contributed by atoms with Crippen LogP contribution in [-0.4, -0.2) is 24.3 Å². The largest absolute Gasteiger partial charge is 0.348 e. The van der Waals surface area contributed by atoms with Crippen LogP contribution in [0.4, 0.5) is 0 Å². The van der Waals surface area contributed by atoms with Crippen molar-refractivity contribution in [1.82, 2.24) is 0 Å². The monoisotopic (exact) mass is 226 g/mol. The van der Waals surface area contributed by atoms with Gasteiger partial charge in [0.05, 0.1) is 12.7 Å². The zero-order valence-electron chi connectivity index (χ0n) is 10.5. The highest BCUT2D eigenvalue weighted by atomic mass is 16.7. The number of hydrogen-bond acceptors (Lipinski definition) is 3. The van der Waals surface area contributed by atoms with Gasteiger partial charge in [0.15, 0.2) is 5.79 Å². The molecule has 0 spiro atoms. The molecule has 16 heavy (non-hydrogen) atoms. The van der Waals surface area contributed by atoms with E-state index in [1.54, 1.807) is 0 Å². The van der Waals surface area contributed by atoms with Crippen molar-refractivity contribution in [3.63, 3.8) is 0 Å². The molecule has 0 unspecified atom stereocenters. The van der Waals surface area contributed by atoms with Gasteiger partial charge in [0.1, 0.15) is 5.78 Å². The van der Waals surface area contributed by atoms with E-state index < -0.39 is 5.79 Å². The number of ketones is 1. The van der Waals surface area contributed by atoms with Crippen molar-refractivity contribution in [1.29, 1.82) is 0 Å². The molecule has 0 aromatic rings. The van der Waals surface area contributed by atoms with Crippen LogP contribution in [0.25, 0.3) is 0 Å². The van der Waals surface area contributed by atoms with Gasteiger partial charge in [0, 0.05) is 12.3 Å². The summed E-state index contributed by atoms with van der Waals surface area (Å²) < 4.78 is 11.3. The molecule has 0 amide bonds. The maximum Gasteiger partial charge on any atom is 0.163 e. The maximum atomic E-state index is 11.7. The summed E-state index contributed by atoms with van der Waals surface area (Å²) in [5.41, 5.74) is 0. The molecule has 2 aliphatic rings. The normalized spacial score (nSPS) is 37.4. The van der Waals surface area contributed by atoms with E-state index in [1.807, 2.05) is 13.8 Å². The number of rotatable bonds is 4. The van der Waals surface area contributed by atoms with Crippen LogP contribution in [0.5, 0.6) is 0 Å². The second kappa shape index (κ2) is 4.46. The highest BCUT2D eigenvalue weighted by molar-refractivity contribution is 5.88. The Balaban J connectivity index is 1.90. The summed E-state index contributed by atoms with van der Waals surface area (Å²) in [6, 6.07) is 0. The highest BCUT2D eigenvalue weighted by Gasteiger charge is 2.49. The second-order valence-corrected chi connectivity index (χ2v) is 5.47. The van der Waals surface area contributed by atoms with Crippen molar-refractivity contribution >= 4 is 5.78 Å². The van der Waals surface area contributed by atoms with Crippen molar-refractivity contribution in [2.24, 2.45) is 11.8 Å². The van der Waals surface area contributed by atoms with Gasteiger partial charge in [0.25, 0.3) is 0 Å². The van der Waals surface area contributed by atoms with E-state index in [2.05, 4.69) is 6.92 Å². The lowest BCUT2D eigenvalue weighted by Crippen LogP contribution is -2.46. The zero-order chi connectivity index (χ0) is 11.8. The lowest BCUT2D eigenvalue weighted by atomic mass is 9.67. The minimum absolute atomic E-state index is 0.00175. The molecule has 3 nitrogen and oxygen atoms in total. The second-order valence-electron chi connectivity index (χ2n) is 5.47. The van der Waals surface area contributed by atoms with E-state index >= 15 is 0 Å². The standard InChI is InChI=1S/C13H22O3/c1-4-5-6-9-7-10(14)12(9)11-8-15-13(2,3)16-11/h9,11-12H,4-8H2,1-3H3/t9-,11+,12-/m1/s1. The van der Waals surface area contributed by atoms with E-state index in [0.717, 1.165) is 12.8 Å². The third-order valence-electron chi connectivity index (χ3n) is 3.70. The van der Waals surface area contributed by atoms with Gasteiger partial charge in [-0.3, -0.25) is 4.79 Å². The summed E-state index contributed by atoms with van der Waals surface area (Å²) >= 11 is 0. The Morgan fingerprint density at radius 3 is 2.69 bits per heavy atom. The number of hydrogen-bond donors (Lipinski definition) is 0. The fraction of sp³-hybridized carbons (Fsp3) is 0.923. The van der Waals surface area contributed by atoms with E-state index in [0.29, 0.717) is 18.3 Å². The highest BCUT2D eigenvalue weighted by Crippen LogP contribution is 2.41. The molecule has 1 aliphatic carbocycles. The molecule has 0 radical (unpaired) electrons. The van der Waals surface area contributed by atoms with Crippen LogP contribution >= 0.6 is 0 Å². The molecule has 2 rings (SSSR count). The maximum absolute atomic E-state index is 11.7. The summed E-state index contributed by atoms with van der Waals surface area (Å²) in [7, 11) is 0. The first-order valence-corrected chi connectivity index (χ1v) is 6.38. The molecule has 1 heterocycles. The van der Waals surface area contributed by atoms with Gasteiger partial charge in [-0.1, -0.05) is 19.8 Å². The number of ether oxygens (including phenoxy) is 2. The van der Waals surface area contributed by atoms with E-state index in [-0.39, 0.29) is 12.0 Å². The van der Waals surface area contributed by atoms with Gasteiger partial charge in [-0.2, -0.15) is 0 Å². The van der Waals surface area contributed by atoms with Crippen molar-refractivity contribution < 1.29 is 14.3 Å². The predicted molar refractivity (Wildman–Crippen MR) is 61.0 cm³/mol. The van der Waals surface area contributed by atoms with Gasteiger partial charge in [-0.05, 0) is 26.2 Å². The zero-order valence-corrected chi connectivity index (χ0v) is 10.5. The molecule has 0 N–H and O–H groups in total. The Labute approximate surface area is 97.5 Å². The molecule has 1 saturated carbocycles. The van der Waals surface area contributed by atoms with Crippen LogP contribution in [-0.2, 0) is 14.3 Å². The van der Waals surface area contributed by atoms with Gasteiger partial charge < -0.3 is 9.47 Å². The Morgan fingerprint density at radius 2 is 2.19 bits per heavy atom. The molecular weight excluding hydrogens is 204 g/mol. The third kappa shape index (κ3) is 2.30. The fourth-order valence-electron chi connectivity index (χ4n) is 2.78. The van der Waals surface area contributed by atoms with Crippen LogP contribution in [0.3, 0.4) is 0 Å². The summed E-state index contributed by atoms with van der Waals surface area (Å²) in [4.78, 5) is 11.7. The van der Waals surface area contributed by atoms with E-state index in [1.165, 1.54) is 12.8 Å².